The Hall–Kier alpha value is -1.40. The minimum atomic E-state index is 0.330. The van der Waals surface area contributed by atoms with Gasteiger partial charge >= 0.3 is 0 Å². The van der Waals surface area contributed by atoms with Gasteiger partial charge in [-0.3, -0.25) is 9.48 Å². The van der Waals surface area contributed by atoms with E-state index in [2.05, 4.69) is 26.2 Å². The first-order valence-corrected chi connectivity index (χ1v) is 6.80. The maximum absolute atomic E-state index is 10.4. The molecule has 0 fully saturated rings. The summed E-state index contributed by atoms with van der Waals surface area (Å²) in [4.78, 5) is 10.4. The summed E-state index contributed by atoms with van der Waals surface area (Å²) in [5, 5.41) is 8.05. The van der Waals surface area contributed by atoms with Gasteiger partial charge < -0.3 is 4.74 Å². The maximum atomic E-state index is 10.4. The highest BCUT2D eigenvalue weighted by Crippen LogP contribution is 2.31. The molecule has 2 rings (SSSR count). The predicted molar refractivity (Wildman–Crippen MR) is 74.7 cm³/mol. The second-order valence-electron chi connectivity index (χ2n) is 3.78. The summed E-state index contributed by atoms with van der Waals surface area (Å²) < 4.78 is 7.99. The van der Waals surface area contributed by atoms with Gasteiger partial charge in [-0.15, -0.1) is 5.10 Å². The Kier molecular flexibility index (Phi) is 4.93. The van der Waals surface area contributed by atoms with E-state index >= 15 is 0 Å². The van der Waals surface area contributed by atoms with E-state index in [0.29, 0.717) is 35.9 Å². The average Bonchev–Trinajstić information content (AvgIpc) is 2.87. The van der Waals surface area contributed by atoms with E-state index in [0.717, 1.165) is 10.9 Å². The van der Waals surface area contributed by atoms with Crippen molar-refractivity contribution < 1.29 is 9.53 Å². The Morgan fingerprint density at radius 1 is 1.47 bits per heavy atom. The molecule has 100 valence electrons. The molecule has 0 radical (unpaired) electrons. The molecule has 0 aliphatic rings. The zero-order valence-electron chi connectivity index (χ0n) is 9.92. The third-order valence-corrected chi connectivity index (χ3v) is 3.66. The highest BCUT2D eigenvalue weighted by atomic mass is 79.9. The van der Waals surface area contributed by atoms with Crippen LogP contribution in [-0.4, -0.2) is 27.9 Å². The summed E-state index contributed by atoms with van der Waals surface area (Å²) >= 11 is 9.41. The number of hydrogen-bond acceptors (Lipinski definition) is 4. The minimum absolute atomic E-state index is 0.330. The van der Waals surface area contributed by atoms with Gasteiger partial charge in [-0.1, -0.05) is 22.9 Å². The molecular weight excluding hydrogens is 334 g/mol. The lowest BCUT2D eigenvalue weighted by atomic mass is 10.3. The van der Waals surface area contributed by atoms with Crippen LogP contribution in [0.2, 0.25) is 5.02 Å². The monoisotopic (exact) mass is 343 g/mol. The Balaban J connectivity index is 1.80. The van der Waals surface area contributed by atoms with Crippen LogP contribution in [0.15, 0.2) is 28.9 Å². The maximum Gasteiger partial charge on any atom is 0.171 e. The molecule has 7 heteroatoms. The van der Waals surface area contributed by atoms with Crippen molar-refractivity contribution in [2.75, 3.05) is 6.61 Å². The molecule has 1 aromatic carbocycles. The molecule has 0 amide bonds. The van der Waals surface area contributed by atoms with Gasteiger partial charge in [0.2, 0.25) is 0 Å². The molecule has 0 spiro atoms. The van der Waals surface area contributed by atoms with Gasteiger partial charge in [0.1, 0.15) is 11.4 Å². The van der Waals surface area contributed by atoms with E-state index < -0.39 is 0 Å². The molecule has 0 atom stereocenters. The zero-order chi connectivity index (χ0) is 13.7. The number of rotatable bonds is 6. The van der Waals surface area contributed by atoms with Gasteiger partial charge in [-0.05, 0) is 28.1 Å². The number of aryl methyl sites for hydroxylation is 1. The van der Waals surface area contributed by atoms with E-state index in [9.17, 15) is 4.79 Å². The number of ether oxygens (including phenoxy) is 1. The number of aldehydes is 1. The molecule has 2 aromatic rings. The molecule has 0 N–H and O–H groups in total. The summed E-state index contributed by atoms with van der Waals surface area (Å²) in [7, 11) is 0. The zero-order valence-corrected chi connectivity index (χ0v) is 12.3. The minimum Gasteiger partial charge on any atom is -0.492 e. The lowest BCUT2D eigenvalue weighted by Crippen LogP contribution is -2.05. The smallest absolute Gasteiger partial charge is 0.171 e. The van der Waals surface area contributed by atoms with Crippen LogP contribution in [0.1, 0.15) is 16.9 Å². The van der Waals surface area contributed by atoms with Crippen molar-refractivity contribution in [1.29, 1.82) is 0 Å². The number of benzene rings is 1. The summed E-state index contributed by atoms with van der Waals surface area (Å²) in [6, 6.07) is 5.53. The van der Waals surface area contributed by atoms with Crippen molar-refractivity contribution in [3.05, 3.63) is 39.6 Å². The first kappa shape index (κ1) is 14.0. The SMILES string of the molecule is O=Cc1cn(CCCOc2cccc(Br)c2Cl)nn1. The third kappa shape index (κ3) is 3.78. The summed E-state index contributed by atoms with van der Waals surface area (Å²) in [6.45, 7) is 1.14. The molecular formula is C12H11BrClN3O2. The molecule has 0 saturated carbocycles. The second-order valence-corrected chi connectivity index (χ2v) is 5.01. The van der Waals surface area contributed by atoms with Crippen molar-refractivity contribution in [3.8, 4) is 5.75 Å². The number of carbonyl (C=O) groups excluding carboxylic acids is 1. The molecule has 19 heavy (non-hydrogen) atoms. The van der Waals surface area contributed by atoms with Gasteiger partial charge in [-0.25, -0.2) is 0 Å². The van der Waals surface area contributed by atoms with Crippen molar-refractivity contribution in [3.63, 3.8) is 0 Å². The van der Waals surface area contributed by atoms with Crippen molar-refractivity contribution >= 4 is 33.8 Å². The molecule has 1 aromatic heterocycles. The summed E-state index contributed by atoms with van der Waals surface area (Å²) in [5.41, 5.74) is 0.330. The standard InChI is InChI=1S/C12H11BrClN3O2/c13-10-3-1-4-11(12(10)14)19-6-2-5-17-7-9(8-18)15-16-17/h1,3-4,7-8H,2,5-6H2. The van der Waals surface area contributed by atoms with Gasteiger partial charge in [-0.2, -0.15) is 0 Å². The molecule has 1 heterocycles. The van der Waals surface area contributed by atoms with E-state index in [1.165, 1.54) is 0 Å². The molecule has 0 aliphatic heterocycles. The summed E-state index contributed by atoms with van der Waals surface area (Å²) in [5.74, 6) is 0.642. The van der Waals surface area contributed by atoms with Crippen LogP contribution >= 0.6 is 27.5 Å². The number of carbonyl (C=O) groups is 1. The first-order valence-electron chi connectivity index (χ1n) is 5.63. The lowest BCUT2D eigenvalue weighted by molar-refractivity contribution is 0.111. The molecule has 5 nitrogen and oxygen atoms in total. The van der Waals surface area contributed by atoms with Gasteiger partial charge in [0, 0.05) is 17.4 Å². The van der Waals surface area contributed by atoms with Crippen LogP contribution in [0.25, 0.3) is 0 Å². The van der Waals surface area contributed by atoms with Crippen LogP contribution in [0, 0.1) is 0 Å². The topological polar surface area (TPSA) is 57.0 Å². The van der Waals surface area contributed by atoms with Crippen LogP contribution < -0.4 is 4.74 Å². The molecule has 0 bridgehead atoms. The molecule has 0 unspecified atom stereocenters. The number of nitrogens with zero attached hydrogens (tertiary/aromatic N) is 3. The van der Waals surface area contributed by atoms with Crippen molar-refractivity contribution in [2.45, 2.75) is 13.0 Å². The number of aromatic nitrogens is 3. The highest BCUT2D eigenvalue weighted by Gasteiger charge is 2.05. The largest absolute Gasteiger partial charge is 0.492 e. The van der Waals surface area contributed by atoms with Crippen LogP contribution in [0.5, 0.6) is 5.75 Å². The van der Waals surface area contributed by atoms with Crippen molar-refractivity contribution in [2.24, 2.45) is 0 Å². The van der Waals surface area contributed by atoms with Crippen LogP contribution in [0.4, 0.5) is 0 Å². The normalized spacial score (nSPS) is 10.4. The first-order chi connectivity index (χ1) is 9.20. The predicted octanol–water partition coefficient (Wildman–Crippen LogP) is 2.98. The van der Waals surface area contributed by atoms with Gasteiger partial charge in [0.05, 0.1) is 17.8 Å². The van der Waals surface area contributed by atoms with E-state index in [4.69, 9.17) is 16.3 Å². The van der Waals surface area contributed by atoms with E-state index in [1.54, 1.807) is 10.9 Å². The summed E-state index contributed by atoms with van der Waals surface area (Å²) in [6.07, 6.45) is 3.00. The lowest BCUT2D eigenvalue weighted by Gasteiger charge is -2.08. The van der Waals surface area contributed by atoms with Crippen molar-refractivity contribution in [1.82, 2.24) is 15.0 Å². The van der Waals surface area contributed by atoms with E-state index in [-0.39, 0.29) is 0 Å². The quantitative estimate of drug-likeness (QED) is 0.597. The van der Waals surface area contributed by atoms with Crippen LogP contribution in [-0.2, 0) is 6.54 Å². The number of halogens is 2. The number of hydrogen-bond donors (Lipinski definition) is 0. The molecule has 0 aliphatic carbocycles. The Morgan fingerprint density at radius 2 is 2.32 bits per heavy atom. The average molecular weight is 345 g/mol. The van der Waals surface area contributed by atoms with Gasteiger partial charge in [0.15, 0.2) is 6.29 Å². The van der Waals surface area contributed by atoms with Crippen LogP contribution in [0.3, 0.4) is 0 Å². The second kappa shape index (κ2) is 6.68. The highest BCUT2D eigenvalue weighted by molar-refractivity contribution is 9.10. The fourth-order valence-corrected chi connectivity index (χ4v) is 2.01. The Morgan fingerprint density at radius 3 is 3.05 bits per heavy atom. The Bertz CT molecular complexity index is 574. The van der Waals surface area contributed by atoms with E-state index in [1.807, 2.05) is 18.2 Å². The van der Waals surface area contributed by atoms with Gasteiger partial charge in [0.25, 0.3) is 0 Å². The molecule has 0 saturated heterocycles. The fourth-order valence-electron chi connectivity index (χ4n) is 1.48. The Labute approximate surface area is 123 Å². The third-order valence-electron chi connectivity index (χ3n) is 2.38. The fraction of sp³-hybridized carbons (Fsp3) is 0.250.